The van der Waals surface area contributed by atoms with Crippen LogP contribution in [0.4, 0.5) is 0 Å². The molecular formula is C39H62B3Br2Cl2N3O12S3. The molecule has 64 heavy (non-hydrogen) atoms. The van der Waals surface area contributed by atoms with E-state index in [-0.39, 0.29) is 49.5 Å². The van der Waals surface area contributed by atoms with Gasteiger partial charge in [-0.2, -0.15) is 0 Å². The van der Waals surface area contributed by atoms with Crippen LogP contribution in [-0.2, 0) is 57.0 Å². The van der Waals surface area contributed by atoms with Gasteiger partial charge < -0.3 is 33.7 Å². The van der Waals surface area contributed by atoms with Crippen molar-refractivity contribution in [3.8, 4) is 0 Å². The second-order valence-electron chi connectivity index (χ2n) is 17.2. The summed E-state index contributed by atoms with van der Waals surface area (Å²) in [4.78, 5) is 0.570. The van der Waals surface area contributed by atoms with E-state index >= 15 is 0 Å². The van der Waals surface area contributed by atoms with E-state index in [1.807, 2.05) is 83.1 Å². The van der Waals surface area contributed by atoms with Crippen LogP contribution < -0.4 is 20.6 Å². The summed E-state index contributed by atoms with van der Waals surface area (Å²) in [6, 6.07) is 19.4. The van der Waals surface area contributed by atoms with Crippen molar-refractivity contribution in [3.63, 3.8) is 0 Å². The molecule has 15 nitrogen and oxygen atoms in total. The van der Waals surface area contributed by atoms with Crippen molar-refractivity contribution in [1.82, 2.24) is 9.44 Å². The number of sulfonamides is 2. The Bertz CT molecular complexity index is 2280. The molecule has 4 N–H and O–H groups in total. The average molecular weight is 1120 g/mol. The number of nitrogens with one attached hydrogen (secondary N) is 2. The molecule has 0 bridgehead atoms. The van der Waals surface area contributed by atoms with E-state index < -0.39 is 61.4 Å². The molecule has 3 aromatic rings. The zero-order valence-corrected chi connectivity index (χ0v) is 46.1. The highest BCUT2D eigenvalue weighted by Crippen LogP contribution is 2.43. The lowest BCUT2D eigenvalue weighted by Gasteiger charge is -2.32. The van der Waals surface area contributed by atoms with Gasteiger partial charge in [-0.3, -0.25) is 0 Å². The van der Waals surface area contributed by atoms with Crippen LogP contribution in [0.15, 0.2) is 96.4 Å². The summed E-state index contributed by atoms with van der Waals surface area (Å²) in [7, 11) is -2.51. The Morgan fingerprint density at radius 1 is 0.500 bits per heavy atom. The highest BCUT2D eigenvalue weighted by atomic mass is 79.9. The summed E-state index contributed by atoms with van der Waals surface area (Å²) in [5, 5.41) is 0. The van der Waals surface area contributed by atoms with Gasteiger partial charge in [0.05, 0.1) is 48.3 Å². The van der Waals surface area contributed by atoms with Crippen LogP contribution in [0.1, 0.15) is 83.1 Å². The summed E-state index contributed by atoms with van der Waals surface area (Å²) in [5.41, 5.74) is 2.86. The highest BCUT2D eigenvalue weighted by Gasteiger charge is 2.63. The predicted molar refractivity (Wildman–Crippen MR) is 265 cm³/mol. The first-order valence-electron chi connectivity index (χ1n) is 19.6. The quantitative estimate of drug-likeness (QED) is 0.163. The molecule has 6 rings (SSSR count). The number of halogens is 4. The first kappa shape index (κ1) is 60.9. The monoisotopic (exact) mass is 1120 g/mol. The van der Waals surface area contributed by atoms with Gasteiger partial charge in [-0.25, -0.2) is 34.7 Å². The molecule has 360 valence electrons. The Hall–Kier alpha value is -1.12. The molecule has 0 saturated carbocycles. The topological polar surface area (TPSA) is 208 Å². The first-order valence-corrected chi connectivity index (χ1v) is 26.5. The maximum Gasteiger partial charge on any atom is 0.494 e. The smallest absolute Gasteiger partial charge is 0.405 e. The Labute approximate surface area is 410 Å². The summed E-state index contributed by atoms with van der Waals surface area (Å²) in [5.74, 6) is 0. The van der Waals surface area contributed by atoms with E-state index in [1.165, 1.54) is 39.3 Å². The third-order valence-electron chi connectivity index (χ3n) is 11.2. The maximum atomic E-state index is 11.8. The molecule has 0 aromatic heterocycles. The van der Waals surface area contributed by atoms with Gasteiger partial charge in [0, 0.05) is 19.6 Å². The van der Waals surface area contributed by atoms with Crippen molar-refractivity contribution < 1.29 is 53.2 Å². The molecule has 3 aromatic carbocycles. The molecule has 3 saturated heterocycles. The van der Waals surface area contributed by atoms with Gasteiger partial charge >= 0.3 is 21.1 Å². The van der Waals surface area contributed by atoms with E-state index in [9.17, 15) is 25.3 Å². The molecule has 3 heterocycles. The van der Waals surface area contributed by atoms with Gasteiger partial charge in [0.1, 0.15) is 0 Å². The van der Waals surface area contributed by atoms with Gasteiger partial charge in [-0.05, 0) is 158 Å². The standard InChI is InChI=1S/C13H20BNO4S.C12H24B2O4.C7H8BrNO2S.C6H4BrClO2S.CH5N.ClH/c1-12(2)13(3,4)19-14(18-12)10-7-6-8-11(9-10)20(16,17)15-5;1-9(2)10(3,4)16-13(15-9)14-17-11(5,6)12(7,8)18-14;1-9-12(10,11)7-4-2-3-6(8)5-7;7-5-2-1-3-6(4-5)11(8,9)10;1-2;/h6-9,15H,1-5H3;1-8H3;2-5,9H,1H3;1-4H;2H2,1H3;1H. The Morgan fingerprint density at radius 3 is 1.08 bits per heavy atom. The Kier molecular flexibility index (Phi) is 21.9. The number of rotatable bonds is 7. The lowest BCUT2D eigenvalue weighted by Crippen LogP contribution is -2.41. The van der Waals surface area contributed by atoms with Crippen LogP contribution in [0.2, 0.25) is 0 Å². The molecule has 0 atom stereocenters. The van der Waals surface area contributed by atoms with Crippen LogP contribution in [0, 0.1) is 0 Å². The molecule has 3 fully saturated rings. The molecule has 0 spiro atoms. The summed E-state index contributed by atoms with van der Waals surface area (Å²) in [6.45, 7) is 24.0. The van der Waals surface area contributed by atoms with E-state index in [4.69, 9.17) is 38.6 Å². The van der Waals surface area contributed by atoms with E-state index in [1.54, 1.807) is 54.6 Å². The SMILES string of the molecule is CC1(C)OB(B2OC(C)(C)C(C)(C)O2)OC1(C)C.CN.CNS(=O)(=O)c1cccc(B2OC(C)(C)C(C)(C)O2)c1.CNS(=O)(=O)c1cccc(Br)c1.Cl.O=S(=O)(Cl)c1cccc(Br)c1. The summed E-state index contributed by atoms with van der Waals surface area (Å²) in [6.07, 6.45) is 0. The number of nitrogens with two attached hydrogens (primary N) is 1. The van der Waals surface area contributed by atoms with E-state index in [2.05, 4.69) is 47.0 Å². The van der Waals surface area contributed by atoms with Crippen molar-refractivity contribution >= 4 is 111 Å². The lowest BCUT2D eigenvalue weighted by atomic mass is 9.49. The molecule has 0 amide bonds. The fourth-order valence-electron chi connectivity index (χ4n) is 5.30. The van der Waals surface area contributed by atoms with E-state index in [0.717, 1.165) is 4.47 Å². The van der Waals surface area contributed by atoms with Gasteiger partial charge in [0.15, 0.2) is 0 Å². The molecule has 3 aliphatic rings. The van der Waals surface area contributed by atoms with Crippen LogP contribution in [0.5, 0.6) is 0 Å². The maximum absolute atomic E-state index is 11.8. The average Bonchev–Trinajstić information content (AvgIpc) is 3.65. The third kappa shape index (κ3) is 15.7. The van der Waals surface area contributed by atoms with Crippen LogP contribution >= 0.6 is 54.9 Å². The first-order chi connectivity index (χ1) is 28.5. The summed E-state index contributed by atoms with van der Waals surface area (Å²) >= 11 is 6.32. The predicted octanol–water partition coefficient (Wildman–Crippen LogP) is 6.87. The normalized spacial score (nSPS) is 19.8. The molecule has 25 heteroatoms. The second-order valence-corrected chi connectivity index (χ2v) is 25.3. The minimum Gasteiger partial charge on any atom is -0.405 e. The van der Waals surface area contributed by atoms with Gasteiger partial charge in [0.25, 0.3) is 9.05 Å². The van der Waals surface area contributed by atoms with Gasteiger partial charge in [0.2, 0.25) is 20.0 Å². The van der Waals surface area contributed by atoms with Crippen molar-refractivity contribution in [2.24, 2.45) is 5.73 Å². The van der Waals surface area contributed by atoms with Crippen molar-refractivity contribution in [1.29, 1.82) is 0 Å². The number of hydrogen-bond acceptors (Lipinski definition) is 13. The fraction of sp³-hybridized carbons (Fsp3) is 0.538. The minimum absolute atomic E-state index is 0. The van der Waals surface area contributed by atoms with Crippen LogP contribution in [0.3, 0.4) is 0 Å². The number of benzene rings is 3. The molecule has 3 aliphatic heterocycles. The Morgan fingerprint density at radius 2 is 0.781 bits per heavy atom. The highest BCUT2D eigenvalue weighted by molar-refractivity contribution is 9.10. The molecule has 0 radical (unpaired) electrons. The lowest BCUT2D eigenvalue weighted by molar-refractivity contribution is 0.00578. The van der Waals surface area contributed by atoms with Crippen LogP contribution in [-0.4, -0.2) is 101 Å². The summed E-state index contributed by atoms with van der Waals surface area (Å²) < 4.78 is 109. The Balaban J connectivity index is 0.000000430. The van der Waals surface area contributed by atoms with Crippen molar-refractivity contribution in [2.75, 3.05) is 21.1 Å². The van der Waals surface area contributed by atoms with Crippen molar-refractivity contribution in [3.05, 3.63) is 81.7 Å². The number of hydrogen-bond donors (Lipinski definition) is 3. The molecule has 0 aliphatic carbocycles. The largest absolute Gasteiger partial charge is 0.494 e. The minimum atomic E-state index is -3.58. The van der Waals surface area contributed by atoms with Crippen molar-refractivity contribution in [2.45, 2.75) is 131 Å². The fourth-order valence-corrected chi connectivity index (χ4v) is 8.75. The van der Waals surface area contributed by atoms with Gasteiger partial charge in [-0.1, -0.05) is 56.1 Å². The van der Waals surface area contributed by atoms with E-state index in [0.29, 0.717) is 9.94 Å². The molecular weight excluding hydrogens is 1060 g/mol. The molecule has 0 unspecified atom stereocenters. The second kappa shape index (κ2) is 23.0. The zero-order chi connectivity index (χ0) is 48.8. The van der Waals surface area contributed by atoms with Crippen LogP contribution in [0.25, 0.3) is 0 Å². The third-order valence-corrected chi connectivity index (χ3v) is 16.3. The zero-order valence-electron chi connectivity index (χ0n) is 38.9. The van der Waals surface area contributed by atoms with Gasteiger partial charge in [-0.15, -0.1) is 12.4 Å².